The molecule has 0 bridgehead atoms. The lowest BCUT2D eigenvalue weighted by Crippen LogP contribution is -2.47. The molecule has 178 valence electrons. The molecule has 9 heteroatoms. The average Bonchev–Trinajstić information content (AvgIpc) is 3.23. The zero-order valence-corrected chi connectivity index (χ0v) is 20.3. The quantitative estimate of drug-likeness (QED) is 0.592. The smallest absolute Gasteiger partial charge is 0.321 e. The van der Waals surface area contributed by atoms with Crippen molar-refractivity contribution in [2.75, 3.05) is 0 Å². The standard InChI is InChI=1S/C24H34N6O2S/c1-16-9-6-7-13-20(16)30-21(18-10-8-14-25-15-18)28-29-24(30)33-17(2)22(31)27-23(32)26-19-11-4-3-5-12-19/h8,10,14-17,19-20H,3-7,9,11-13H2,1-2H3,(H2,26,27,31,32)/t16-,17-,20+/m0/s1. The normalized spacial score (nSPS) is 22.5. The molecule has 2 aliphatic rings. The fraction of sp³-hybridized carbons (Fsp3) is 0.625. The van der Waals surface area contributed by atoms with Crippen molar-refractivity contribution in [3.05, 3.63) is 24.5 Å². The Morgan fingerprint density at radius 1 is 1.09 bits per heavy atom. The lowest BCUT2D eigenvalue weighted by molar-refractivity contribution is -0.119. The van der Waals surface area contributed by atoms with Crippen LogP contribution in [0.1, 0.15) is 77.7 Å². The largest absolute Gasteiger partial charge is 0.335 e. The van der Waals surface area contributed by atoms with Crippen LogP contribution >= 0.6 is 11.8 Å². The van der Waals surface area contributed by atoms with Crippen molar-refractivity contribution in [3.63, 3.8) is 0 Å². The zero-order valence-electron chi connectivity index (χ0n) is 19.5. The molecular weight excluding hydrogens is 436 g/mol. The summed E-state index contributed by atoms with van der Waals surface area (Å²) in [7, 11) is 0. The highest BCUT2D eigenvalue weighted by Crippen LogP contribution is 2.39. The van der Waals surface area contributed by atoms with Crippen molar-refractivity contribution in [2.45, 2.75) is 94.1 Å². The number of rotatable bonds is 6. The van der Waals surface area contributed by atoms with Crippen LogP contribution in [0.15, 0.2) is 29.7 Å². The Morgan fingerprint density at radius 2 is 1.85 bits per heavy atom. The molecule has 2 aromatic rings. The van der Waals surface area contributed by atoms with E-state index in [0.29, 0.717) is 11.1 Å². The van der Waals surface area contributed by atoms with Gasteiger partial charge in [-0.3, -0.25) is 19.7 Å². The lowest BCUT2D eigenvalue weighted by atomic mass is 9.85. The number of imide groups is 1. The van der Waals surface area contributed by atoms with Crippen LogP contribution in [0.3, 0.4) is 0 Å². The van der Waals surface area contributed by atoms with E-state index in [1.165, 1.54) is 31.0 Å². The summed E-state index contributed by atoms with van der Waals surface area (Å²) in [6.45, 7) is 4.08. The molecule has 3 amide bonds. The Hall–Kier alpha value is -2.42. The van der Waals surface area contributed by atoms with Gasteiger partial charge in [-0.15, -0.1) is 10.2 Å². The van der Waals surface area contributed by atoms with E-state index in [0.717, 1.165) is 49.9 Å². The molecule has 3 atom stereocenters. The van der Waals surface area contributed by atoms with Crippen molar-refractivity contribution >= 4 is 23.7 Å². The van der Waals surface area contributed by atoms with Gasteiger partial charge < -0.3 is 5.32 Å². The fourth-order valence-electron chi connectivity index (χ4n) is 4.92. The van der Waals surface area contributed by atoms with Gasteiger partial charge in [-0.2, -0.15) is 0 Å². The Bertz CT molecular complexity index is 944. The van der Waals surface area contributed by atoms with Crippen LogP contribution in [0, 0.1) is 5.92 Å². The third-order valence-electron chi connectivity index (χ3n) is 6.81. The van der Waals surface area contributed by atoms with Crippen molar-refractivity contribution in [1.82, 2.24) is 30.4 Å². The maximum atomic E-state index is 12.8. The van der Waals surface area contributed by atoms with Gasteiger partial charge in [0.25, 0.3) is 0 Å². The van der Waals surface area contributed by atoms with E-state index < -0.39 is 11.3 Å². The van der Waals surface area contributed by atoms with Crippen LogP contribution in [0.25, 0.3) is 11.4 Å². The van der Waals surface area contributed by atoms with Gasteiger partial charge in [-0.25, -0.2) is 4.79 Å². The number of aromatic nitrogens is 4. The topological polar surface area (TPSA) is 102 Å². The minimum Gasteiger partial charge on any atom is -0.335 e. The number of amides is 3. The molecule has 0 radical (unpaired) electrons. The number of nitrogens with one attached hydrogen (secondary N) is 2. The fourth-order valence-corrected chi connectivity index (χ4v) is 5.83. The Labute approximate surface area is 199 Å². The minimum absolute atomic E-state index is 0.160. The van der Waals surface area contributed by atoms with Crippen molar-refractivity contribution in [1.29, 1.82) is 0 Å². The van der Waals surface area contributed by atoms with Gasteiger partial charge in [0.15, 0.2) is 11.0 Å². The number of pyridine rings is 1. The number of carbonyl (C=O) groups excluding carboxylic acids is 2. The SMILES string of the molecule is C[C@H](Sc1nnc(-c2cccnc2)n1[C@@H]1CCCC[C@@H]1C)C(=O)NC(=O)NC1CCCCC1. The molecule has 8 nitrogen and oxygen atoms in total. The molecule has 33 heavy (non-hydrogen) atoms. The summed E-state index contributed by atoms with van der Waals surface area (Å²) in [5.74, 6) is 0.962. The summed E-state index contributed by atoms with van der Waals surface area (Å²) < 4.78 is 2.19. The molecule has 2 aromatic heterocycles. The van der Waals surface area contributed by atoms with Gasteiger partial charge in [-0.1, -0.05) is 50.8 Å². The molecule has 2 heterocycles. The van der Waals surface area contributed by atoms with Crippen LogP contribution in [0.2, 0.25) is 0 Å². The highest BCUT2D eigenvalue weighted by molar-refractivity contribution is 8.00. The second kappa shape index (κ2) is 11.1. The third kappa shape index (κ3) is 5.93. The molecule has 0 aliphatic heterocycles. The molecule has 2 fully saturated rings. The molecule has 0 spiro atoms. The average molecular weight is 471 g/mol. The van der Waals surface area contributed by atoms with E-state index >= 15 is 0 Å². The molecule has 0 aromatic carbocycles. The number of carbonyl (C=O) groups is 2. The van der Waals surface area contributed by atoms with Gasteiger partial charge in [0.05, 0.1) is 5.25 Å². The van der Waals surface area contributed by atoms with E-state index in [2.05, 4.69) is 37.3 Å². The van der Waals surface area contributed by atoms with Gasteiger partial charge in [0.2, 0.25) is 5.91 Å². The summed E-state index contributed by atoms with van der Waals surface area (Å²) in [5.41, 5.74) is 0.915. The second-order valence-corrected chi connectivity index (χ2v) is 10.6. The first kappa shape index (κ1) is 23.7. The van der Waals surface area contributed by atoms with Gasteiger partial charge in [-0.05, 0) is 50.7 Å². The summed E-state index contributed by atoms with van der Waals surface area (Å²) in [6, 6.07) is 3.91. The van der Waals surface area contributed by atoms with Crippen LogP contribution in [-0.4, -0.2) is 43.0 Å². The molecule has 2 saturated carbocycles. The summed E-state index contributed by atoms with van der Waals surface area (Å²) in [6.07, 6.45) is 13.6. The lowest BCUT2D eigenvalue weighted by Gasteiger charge is -2.31. The van der Waals surface area contributed by atoms with E-state index in [4.69, 9.17) is 0 Å². The second-order valence-electron chi connectivity index (χ2n) is 9.30. The number of thioether (sulfide) groups is 1. The Morgan fingerprint density at radius 3 is 2.58 bits per heavy atom. The predicted octanol–water partition coefficient (Wildman–Crippen LogP) is 4.73. The van der Waals surface area contributed by atoms with Gasteiger partial charge in [0.1, 0.15) is 0 Å². The van der Waals surface area contributed by atoms with E-state index in [1.54, 1.807) is 19.3 Å². The van der Waals surface area contributed by atoms with Gasteiger partial charge in [0, 0.05) is 30.0 Å². The first-order valence-electron chi connectivity index (χ1n) is 12.2. The summed E-state index contributed by atoms with van der Waals surface area (Å²) in [5, 5.41) is 14.6. The van der Waals surface area contributed by atoms with Crippen LogP contribution < -0.4 is 10.6 Å². The monoisotopic (exact) mass is 470 g/mol. The molecule has 4 rings (SSSR count). The minimum atomic E-state index is -0.481. The van der Waals surface area contributed by atoms with Gasteiger partial charge >= 0.3 is 6.03 Å². The number of urea groups is 1. The van der Waals surface area contributed by atoms with E-state index in [-0.39, 0.29) is 18.0 Å². The Balaban J connectivity index is 1.48. The van der Waals surface area contributed by atoms with Crippen molar-refractivity contribution in [2.24, 2.45) is 5.92 Å². The first-order chi connectivity index (χ1) is 16.0. The molecule has 0 unspecified atom stereocenters. The maximum absolute atomic E-state index is 12.8. The molecule has 2 aliphatic carbocycles. The number of hydrogen-bond donors (Lipinski definition) is 2. The predicted molar refractivity (Wildman–Crippen MR) is 129 cm³/mol. The summed E-state index contributed by atoms with van der Waals surface area (Å²) >= 11 is 1.35. The molecular formula is C24H34N6O2S. The highest BCUT2D eigenvalue weighted by Gasteiger charge is 2.30. The van der Waals surface area contributed by atoms with E-state index in [1.807, 2.05) is 12.1 Å². The Kier molecular flexibility index (Phi) is 8.01. The first-order valence-corrected chi connectivity index (χ1v) is 13.0. The number of hydrogen-bond acceptors (Lipinski definition) is 6. The molecule has 0 saturated heterocycles. The van der Waals surface area contributed by atoms with Crippen LogP contribution in [-0.2, 0) is 4.79 Å². The third-order valence-corrected chi connectivity index (χ3v) is 7.87. The summed E-state index contributed by atoms with van der Waals surface area (Å²) in [4.78, 5) is 29.3. The highest BCUT2D eigenvalue weighted by atomic mass is 32.2. The molecule has 2 N–H and O–H groups in total. The van der Waals surface area contributed by atoms with Crippen molar-refractivity contribution < 1.29 is 9.59 Å². The maximum Gasteiger partial charge on any atom is 0.321 e. The number of nitrogens with zero attached hydrogens (tertiary/aromatic N) is 4. The van der Waals surface area contributed by atoms with Crippen LogP contribution in [0.5, 0.6) is 0 Å². The van der Waals surface area contributed by atoms with E-state index in [9.17, 15) is 9.59 Å². The van der Waals surface area contributed by atoms with Crippen LogP contribution in [0.4, 0.5) is 4.79 Å². The van der Waals surface area contributed by atoms with Crippen molar-refractivity contribution in [3.8, 4) is 11.4 Å². The zero-order chi connectivity index (χ0) is 23.2.